The first-order valence-electron chi connectivity index (χ1n) is 7.89. The lowest BCUT2D eigenvalue weighted by Gasteiger charge is -2.34. The van der Waals surface area contributed by atoms with Crippen LogP contribution in [0.2, 0.25) is 20.1 Å². The number of phenolic OH excluding ortho intramolecular Hbond substituents is 2. The van der Waals surface area contributed by atoms with Gasteiger partial charge in [0.05, 0.1) is 5.02 Å². The van der Waals surface area contributed by atoms with E-state index in [2.05, 4.69) is 0 Å². The first-order chi connectivity index (χ1) is 13.5. The van der Waals surface area contributed by atoms with Gasteiger partial charge < -0.3 is 10.2 Å². The Kier molecular flexibility index (Phi) is 5.98. The smallest absolute Gasteiger partial charge is 0.283 e. The van der Waals surface area contributed by atoms with Gasteiger partial charge in [0.15, 0.2) is 4.75 Å². The van der Waals surface area contributed by atoms with Crippen molar-refractivity contribution in [3.8, 4) is 11.5 Å². The molecule has 3 N–H and O–H groups in total. The average molecular weight is 494 g/mol. The summed E-state index contributed by atoms with van der Waals surface area (Å²) in [6.07, 6.45) is 0. The fourth-order valence-electron chi connectivity index (χ4n) is 3.21. The molecule has 0 saturated carbocycles. The SMILES string of the molecule is O=S(=O)(O)C(c1cc(Cl)c(O)cc1O)(c1ccccc1Cl)c1ccc(Cl)cc1Cl. The topological polar surface area (TPSA) is 94.8 Å². The Morgan fingerprint density at radius 1 is 0.690 bits per heavy atom. The Bertz CT molecular complexity index is 1210. The van der Waals surface area contributed by atoms with Crippen molar-refractivity contribution >= 4 is 56.5 Å². The summed E-state index contributed by atoms with van der Waals surface area (Å²) < 4.78 is 34.0. The molecule has 10 heteroatoms. The maximum absolute atomic E-state index is 13.0. The van der Waals surface area contributed by atoms with Crippen molar-refractivity contribution in [2.24, 2.45) is 0 Å². The van der Waals surface area contributed by atoms with Crippen molar-refractivity contribution < 1.29 is 23.2 Å². The van der Waals surface area contributed by atoms with Gasteiger partial charge in [0.25, 0.3) is 10.1 Å². The Balaban J connectivity index is 2.63. The molecular formula is C19H12Cl4O5S. The zero-order valence-corrected chi connectivity index (χ0v) is 18.1. The van der Waals surface area contributed by atoms with Crippen molar-refractivity contribution in [3.63, 3.8) is 0 Å². The van der Waals surface area contributed by atoms with Crippen LogP contribution in [0, 0.1) is 0 Å². The molecule has 3 aromatic carbocycles. The van der Waals surface area contributed by atoms with Crippen LogP contribution in [0.25, 0.3) is 0 Å². The maximum atomic E-state index is 13.0. The highest BCUT2D eigenvalue weighted by atomic mass is 35.5. The molecule has 0 radical (unpaired) electrons. The van der Waals surface area contributed by atoms with Crippen LogP contribution in [0.5, 0.6) is 11.5 Å². The third-order valence-electron chi connectivity index (χ3n) is 4.39. The van der Waals surface area contributed by atoms with Crippen LogP contribution in [-0.4, -0.2) is 23.2 Å². The minimum Gasteiger partial charge on any atom is -0.507 e. The second-order valence-electron chi connectivity index (χ2n) is 6.08. The summed E-state index contributed by atoms with van der Waals surface area (Å²) in [6.45, 7) is 0. The molecule has 0 aliphatic rings. The van der Waals surface area contributed by atoms with E-state index in [1.54, 1.807) is 6.07 Å². The second-order valence-corrected chi connectivity index (χ2v) is 9.30. The molecule has 0 fully saturated rings. The molecule has 0 amide bonds. The highest BCUT2D eigenvalue weighted by Crippen LogP contribution is 2.52. The van der Waals surface area contributed by atoms with Crippen LogP contribution in [-0.2, 0) is 14.9 Å². The summed E-state index contributed by atoms with van der Waals surface area (Å²) >= 11 is 24.6. The largest absolute Gasteiger partial charge is 0.507 e. The van der Waals surface area contributed by atoms with Gasteiger partial charge >= 0.3 is 0 Å². The van der Waals surface area contributed by atoms with Crippen molar-refractivity contribution in [3.05, 3.63) is 91.4 Å². The van der Waals surface area contributed by atoms with Gasteiger partial charge in [-0.1, -0.05) is 70.7 Å². The Labute approximate surface area is 186 Å². The normalized spacial score (nSPS) is 13.8. The maximum Gasteiger partial charge on any atom is 0.283 e. The quantitative estimate of drug-likeness (QED) is 0.311. The molecule has 0 saturated heterocycles. The first kappa shape index (κ1) is 22.0. The van der Waals surface area contributed by atoms with Crippen LogP contribution < -0.4 is 0 Å². The Morgan fingerprint density at radius 3 is 1.90 bits per heavy atom. The first-order valence-corrected chi connectivity index (χ1v) is 10.8. The van der Waals surface area contributed by atoms with E-state index >= 15 is 0 Å². The number of halogens is 4. The van der Waals surface area contributed by atoms with Gasteiger partial charge in [0.1, 0.15) is 11.5 Å². The molecule has 1 atom stereocenters. The van der Waals surface area contributed by atoms with E-state index in [0.29, 0.717) is 0 Å². The summed E-state index contributed by atoms with van der Waals surface area (Å²) in [6, 6.07) is 11.7. The summed E-state index contributed by atoms with van der Waals surface area (Å²) in [5, 5.41) is 20.2. The molecule has 1 unspecified atom stereocenters. The molecule has 152 valence electrons. The number of phenols is 2. The van der Waals surface area contributed by atoms with Crippen LogP contribution >= 0.6 is 46.4 Å². The standard InChI is InChI=1S/C19H12Cl4O5S/c20-10-5-6-12(15(22)7-10)19(29(26,27)28,11-3-1-2-4-14(11)21)13-8-16(23)18(25)9-17(13)24/h1-9,24-25H,(H,26,27,28). The highest BCUT2D eigenvalue weighted by molar-refractivity contribution is 7.87. The number of hydrogen-bond acceptors (Lipinski definition) is 4. The molecule has 0 aliphatic heterocycles. The number of benzene rings is 3. The van der Waals surface area contributed by atoms with Gasteiger partial charge in [-0.05, 0) is 24.3 Å². The van der Waals surface area contributed by atoms with E-state index in [9.17, 15) is 23.2 Å². The van der Waals surface area contributed by atoms with Crippen LogP contribution in [0.1, 0.15) is 16.7 Å². The zero-order chi connectivity index (χ0) is 21.6. The third-order valence-corrected chi connectivity index (χ3v) is 7.01. The monoisotopic (exact) mass is 492 g/mol. The highest BCUT2D eigenvalue weighted by Gasteiger charge is 2.52. The van der Waals surface area contributed by atoms with Crippen LogP contribution in [0.15, 0.2) is 54.6 Å². The van der Waals surface area contributed by atoms with Crippen molar-refractivity contribution in [1.29, 1.82) is 0 Å². The molecule has 0 aliphatic carbocycles. The summed E-state index contributed by atoms with van der Waals surface area (Å²) in [4.78, 5) is 0. The molecule has 0 aromatic heterocycles. The zero-order valence-electron chi connectivity index (χ0n) is 14.3. The van der Waals surface area contributed by atoms with Gasteiger partial charge in [-0.25, -0.2) is 0 Å². The predicted molar refractivity (Wildman–Crippen MR) is 114 cm³/mol. The molecular weight excluding hydrogens is 482 g/mol. The lowest BCUT2D eigenvalue weighted by atomic mass is 9.83. The second kappa shape index (κ2) is 7.87. The van der Waals surface area contributed by atoms with E-state index in [0.717, 1.165) is 12.1 Å². The number of hydrogen-bond donors (Lipinski definition) is 3. The van der Waals surface area contributed by atoms with Gasteiger partial charge in [0, 0.05) is 37.8 Å². The van der Waals surface area contributed by atoms with Gasteiger partial charge in [-0.3, -0.25) is 4.55 Å². The van der Waals surface area contributed by atoms with Crippen molar-refractivity contribution in [1.82, 2.24) is 0 Å². The summed E-state index contributed by atoms with van der Waals surface area (Å²) in [5.74, 6) is -1.14. The third kappa shape index (κ3) is 3.65. The van der Waals surface area contributed by atoms with Crippen LogP contribution in [0.4, 0.5) is 0 Å². The summed E-state index contributed by atoms with van der Waals surface area (Å²) in [5.41, 5.74) is -0.582. The molecule has 3 rings (SSSR count). The average Bonchev–Trinajstić information content (AvgIpc) is 2.61. The Hall–Kier alpha value is -1.67. The number of aromatic hydroxyl groups is 2. The minimum atomic E-state index is -5.11. The van der Waals surface area contributed by atoms with Crippen molar-refractivity contribution in [2.75, 3.05) is 0 Å². The van der Waals surface area contributed by atoms with E-state index in [1.165, 1.54) is 36.4 Å². The van der Waals surface area contributed by atoms with E-state index in [4.69, 9.17) is 46.4 Å². The van der Waals surface area contributed by atoms with E-state index in [1.807, 2.05) is 0 Å². The lowest BCUT2D eigenvalue weighted by Crippen LogP contribution is -2.39. The molecule has 3 aromatic rings. The van der Waals surface area contributed by atoms with E-state index < -0.39 is 26.4 Å². The molecule has 29 heavy (non-hydrogen) atoms. The van der Waals surface area contributed by atoms with Crippen LogP contribution in [0.3, 0.4) is 0 Å². The minimum absolute atomic E-state index is 0.0280. The Morgan fingerprint density at radius 2 is 1.31 bits per heavy atom. The van der Waals surface area contributed by atoms with Gasteiger partial charge in [0.2, 0.25) is 0 Å². The fourth-order valence-corrected chi connectivity index (χ4v) is 5.66. The molecule has 5 nitrogen and oxygen atoms in total. The molecule has 0 heterocycles. The lowest BCUT2D eigenvalue weighted by molar-refractivity contribution is 0.431. The molecule has 0 spiro atoms. The predicted octanol–water partition coefficient (Wildman–Crippen LogP) is 5.89. The fraction of sp³-hybridized carbons (Fsp3) is 0.0526. The number of rotatable bonds is 4. The van der Waals surface area contributed by atoms with Gasteiger partial charge in [-0.2, -0.15) is 8.42 Å². The summed E-state index contributed by atoms with van der Waals surface area (Å²) in [7, 11) is -5.11. The van der Waals surface area contributed by atoms with E-state index in [-0.39, 0.29) is 36.8 Å². The van der Waals surface area contributed by atoms with Gasteiger partial charge in [-0.15, -0.1) is 0 Å². The molecule has 0 bridgehead atoms. The van der Waals surface area contributed by atoms with Crippen molar-refractivity contribution in [2.45, 2.75) is 4.75 Å².